The number of rotatable bonds is 14. The number of esters is 4. The van der Waals surface area contributed by atoms with E-state index in [9.17, 15) is 19.2 Å². The van der Waals surface area contributed by atoms with Gasteiger partial charge in [0.1, 0.15) is 12.7 Å². The minimum Gasteiger partial charge on any atom is -0.463 e. The smallest absolute Gasteiger partial charge is 0.303 e. The molecule has 0 saturated carbocycles. The normalized spacial score (nSPS) is 24.6. The molecule has 0 unspecified atom stereocenters. The largest absolute Gasteiger partial charge is 0.463 e. The third-order valence-corrected chi connectivity index (χ3v) is 4.21. The van der Waals surface area contributed by atoms with E-state index in [1.807, 2.05) is 0 Å². The van der Waals surface area contributed by atoms with Crippen LogP contribution in [-0.4, -0.2) is 100 Å². The fraction of sp³-hybridized carbons (Fsp3) is 0.800. The van der Waals surface area contributed by atoms with Crippen LogP contribution in [0.25, 0.3) is 0 Å². The molecular formula is C20H31ClO12. The summed E-state index contributed by atoms with van der Waals surface area (Å²) in [5.74, 6) is -2.36. The van der Waals surface area contributed by atoms with Gasteiger partial charge in [-0.05, 0) is 0 Å². The Bertz CT molecular complexity index is 643. The Morgan fingerprint density at radius 2 is 1.21 bits per heavy atom. The van der Waals surface area contributed by atoms with Gasteiger partial charge in [-0.3, -0.25) is 19.2 Å². The highest BCUT2D eigenvalue weighted by Crippen LogP contribution is 2.29. The summed E-state index contributed by atoms with van der Waals surface area (Å²) in [7, 11) is 0. The highest BCUT2D eigenvalue weighted by atomic mass is 35.5. The summed E-state index contributed by atoms with van der Waals surface area (Å²) < 4.78 is 42.9. The van der Waals surface area contributed by atoms with E-state index in [-0.39, 0.29) is 19.8 Å². The molecular weight excluding hydrogens is 468 g/mol. The van der Waals surface area contributed by atoms with Crippen LogP contribution in [0.3, 0.4) is 0 Å². The molecule has 1 aliphatic heterocycles. The van der Waals surface area contributed by atoms with Crippen LogP contribution in [0.4, 0.5) is 0 Å². The van der Waals surface area contributed by atoms with Gasteiger partial charge in [0, 0.05) is 33.6 Å². The molecule has 0 N–H and O–H groups in total. The standard InChI is InChI=1S/C20H31ClO12/c1-12(22)29-11-16-17(30-13(2)23)18(31-14(3)24)19(32-15(4)25)20(33-16)28-10-9-27-8-7-26-6-5-21/h16-20H,5-11H2,1-4H3/t16-,17-,18+,19+,20+/m1/s1. The fourth-order valence-electron chi connectivity index (χ4n) is 2.92. The van der Waals surface area contributed by atoms with Gasteiger partial charge >= 0.3 is 23.9 Å². The van der Waals surface area contributed by atoms with E-state index in [4.69, 9.17) is 49.5 Å². The van der Waals surface area contributed by atoms with Gasteiger partial charge in [0.15, 0.2) is 24.6 Å². The van der Waals surface area contributed by atoms with Crippen molar-refractivity contribution in [2.75, 3.05) is 45.5 Å². The lowest BCUT2D eigenvalue weighted by molar-refractivity contribution is -0.309. The topological polar surface area (TPSA) is 142 Å². The van der Waals surface area contributed by atoms with Gasteiger partial charge in [0.05, 0.1) is 33.0 Å². The molecule has 12 nitrogen and oxygen atoms in total. The highest BCUT2D eigenvalue weighted by Gasteiger charge is 2.52. The molecule has 0 bridgehead atoms. The Labute approximate surface area is 197 Å². The molecule has 33 heavy (non-hydrogen) atoms. The van der Waals surface area contributed by atoms with Gasteiger partial charge in [-0.2, -0.15) is 0 Å². The molecule has 5 atom stereocenters. The first-order valence-corrected chi connectivity index (χ1v) is 10.8. The number of ether oxygens (including phenoxy) is 8. The molecule has 13 heteroatoms. The summed E-state index contributed by atoms with van der Waals surface area (Å²) in [5.41, 5.74) is 0. The second-order valence-corrected chi connectivity index (χ2v) is 7.23. The van der Waals surface area contributed by atoms with Crippen molar-refractivity contribution < 1.29 is 57.1 Å². The fourth-order valence-corrected chi connectivity index (χ4v) is 3.03. The molecule has 1 rings (SSSR count). The zero-order valence-electron chi connectivity index (χ0n) is 19.1. The molecule has 1 aliphatic rings. The van der Waals surface area contributed by atoms with Crippen molar-refractivity contribution in [2.24, 2.45) is 0 Å². The Kier molecular flexibility index (Phi) is 13.9. The first-order valence-electron chi connectivity index (χ1n) is 10.3. The van der Waals surface area contributed by atoms with Crippen molar-refractivity contribution in [2.45, 2.75) is 58.4 Å². The highest BCUT2D eigenvalue weighted by molar-refractivity contribution is 6.17. The number of halogens is 1. The van der Waals surface area contributed by atoms with E-state index in [1.54, 1.807) is 0 Å². The summed E-state index contributed by atoms with van der Waals surface area (Å²) in [5, 5.41) is 0. The number of carbonyl (C=O) groups is 4. The van der Waals surface area contributed by atoms with Crippen LogP contribution < -0.4 is 0 Å². The Morgan fingerprint density at radius 3 is 1.76 bits per heavy atom. The van der Waals surface area contributed by atoms with Gasteiger partial charge in [0.25, 0.3) is 0 Å². The number of carbonyl (C=O) groups excluding carboxylic acids is 4. The van der Waals surface area contributed by atoms with E-state index in [0.717, 1.165) is 20.8 Å². The molecule has 0 spiro atoms. The SMILES string of the molecule is CC(=O)OC[C@H]1O[C@H](OCCOCCOCCCl)[C@@H](OC(C)=O)[C@@H](OC(C)=O)[C@@H]1OC(C)=O. The molecule has 1 fully saturated rings. The van der Waals surface area contributed by atoms with Crippen LogP contribution in [0.2, 0.25) is 0 Å². The molecule has 0 aromatic rings. The lowest BCUT2D eigenvalue weighted by atomic mass is 9.98. The Morgan fingerprint density at radius 1 is 0.697 bits per heavy atom. The molecule has 1 saturated heterocycles. The summed E-state index contributed by atoms with van der Waals surface area (Å²) in [6.45, 7) is 5.53. The molecule has 1 heterocycles. The lowest BCUT2D eigenvalue weighted by Crippen LogP contribution is -2.63. The van der Waals surface area contributed by atoms with E-state index in [1.165, 1.54) is 6.92 Å². The van der Waals surface area contributed by atoms with Crippen molar-refractivity contribution in [1.82, 2.24) is 0 Å². The van der Waals surface area contributed by atoms with E-state index < -0.39 is 54.6 Å². The molecule has 0 radical (unpaired) electrons. The van der Waals surface area contributed by atoms with Gasteiger partial charge in [-0.1, -0.05) is 0 Å². The molecule has 190 valence electrons. The van der Waals surface area contributed by atoms with Crippen molar-refractivity contribution in [3.63, 3.8) is 0 Å². The molecule has 0 aromatic carbocycles. The van der Waals surface area contributed by atoms with Gasteiger partial charge in [0.2, 0.25) is 0 Å². The van der Waals surface area contributed by atoms with Crippen LogP contribution in [0.15, 0.2) is 0 Å². The van der Waals surface area contributed by atoms with Crippen molar-refractivity contribution in [1.29, 1.82) is 0 Å². The monoisotopic (exact) mass is 498 g/mol. The quantitative estimate of drug-likeness (QED) is 0.141. The summed E-state index contributed by atoms with van der Waals surface area (Å²) in [6, 6.07) is 0. The maximum Gasteiger partial charge on any atom is 0.303 e. The van der Waals surface area contributed by atoms with E-state index >= 15 is 0 Å². The number of hydrogen-bond acceptors (Lipinski definition) is 12. The third kappa shape index (κ3) is 11.6. The van der Waals surface area contributed by atoms with E-state index in [0.29, 0.717) is 25.7 Å². The van der Waals surface area contributed by atoms with Crippen LogP contribution >= 0.6 is 11.6 Å². The first-order chi connectivity index (χ1) is 15.6. The number of alkyl halides is 1. The van der Waals surface area contributed by atoms with Gasteiger partial charge in [-0.15, -0.1) is 11.6 Å². The minimum atomic E-state index is -1.28. The van der Waals surface area contributed by atoms with Crippen molar-refractivity contribution >= 4 is 35.5 Å². The zero-order chi connectivity index (χ0) is 24.8. The lowest BCUT2D eigenvalue weighted by Gasteiger charge is -2.44. The second kappa shape index (κ2) is 15.8. The van der Waals surface area contributed by atoms with Crippen LogP contribution in [0.5, 0.6) is 0 Å². The van der Waals surface area contributed by atoms with Crippen LogP contribution in [0.1, 0.15) is 27.7 Å². The van der Waals surface area contributed by atoms with Crippen molar-refractivity contribution in [3.8, 4) is 0 Å². The zero-order valence-corrected chi connectivity index (χ0v) is 19.9. The molecule has 0 aromatic heterocycles. The average Bonchev–Trinajstić information content (AvgIpc) is 2.71. The first kappa shape index (κ1) is 29.0. The van der Waals surface area contributed by atoms with Crippen LogP contribution in [0, 0.1) is 0 Å². The Balaban J connectivity index is 2.95. The molecule has 0 aliphatic carbocycles. The number of hydrogen-bond donors (Lipinski definition) is 0. The maximum atomic E-state index is 11.8. The average molecular weight is 499 g/mol. The Hall–Kier alpha value is -1.99. The minimum absolute atomic E-state index is 0.0171. The predicted octanol–water partition coefficient (Wildman–Crippen LogP) is 0.358. The second-order valence-electron chi connectivity index (χ2n) is 6.85. The maximum absolute atomic E-state index is 11.8. The molecule has 0 amide bonds. The predicted molar refractivity (Wildman–Crippen MR) is 110 cm³/mol. The summed E-state index contributed by atoms with van der Waals surface area (Å²) >= 11 is 5.51. The third-order valence-electron chi connectivity index (χ3n) is 4.05. The van der Waals surface area contributed by atoms with Crippen LogP contribution in [-0.2, 0) is 57.1 Å². The van der Waals surface area contributed by atoms with Gasteiger partial charge in [-0.25, -0.2) is 0 Å². The summed E-state index contributed by atoms with van der Waals surface area (Å²) in [4.78, 5) is 46.4. The van der Waals surface area contributed by atoms with Gasteiger partial charge < -0.3 is 37.9 Å². The van der Waals surface area contributed by atoms with Crippen molar-refractivity contribution in [3.05, 3.63) is 0 Å². The van der Waals surface area contributed by atoms with E-state index in [2.05, 4.69) is 0 Å². The summed E-state index contributed by atoms with van der Waals surface area (Å²) in [6.07, 6.45) is -6.08.